The zero-order chi connectivity index (χ0) is 12.1. The zero-order valence-corrected chi connectivity index (χ0v) is 10.3. The average Bonchev–Trinajstić information content (AvgIpc) is 2.73. The van der Waals surface area contributed by atoms with E-state index in [1.54, 1.807) is 6.07 Å². The summed E-state index contributed by atoms with van der Waals surface area (Å²) in [5.74, 6) is 0.664. The Bertz CT molecular complexity index is 476. The largest absolute Gasteiger partial charge is 0.342 e. The van der Waals surface area contributed by atoms with Crippen LogP contribution < -0.4 is 0 Å². The van der Waals surface area contributed by atoms with Crippen LogP contribution in [-0.2, 0) is 6.42 Å². The standard InChI is InChI=1S/C14H19FN2/c1-2-3-4-5-6-10-13-16-12-9-7-8-11(15)14(12)17-13/h7-9H,2-6,10H2,1H3,(H,16,17). The highest BCUT2D eigenvalue weighted by molar-refractivity contribution is 5.75. The van der Waals surface area contributed by atoms with Gasteiger partial charge in [0.25, 0.3) is 0 Å². The molecule has 0 aliphatic carbocycles. The van der Waals surface area contributed by atoms with Crippen LogP contribution in [0.25, 0.3) is 11.0 Å². The predicted molar refractivity (Wildman–Crippen MR) is 68.5 cm³/mol. The van der Waals surface area contributed by atoms with Crippen LogP contribution in [0, 0.1) is 5.82 Å². The maximum absolute atomic E-state index is 13.4. The van der Waals surface area contributed by atoms with Crippen LogP contribution in [-0.4, -0.2) is 9.97 Å². The fraction of sp³-hybridized carbons (Fsp3) is 0.500. The van der Waals surface area contributed by atoms with Crippen LogP contribution in [0.5, 0.6) is 0 Å². The number of H-pyrrole nitrogens is 1. The number of para-hydroxylation sites is 1. The van der Waals surface area contributed by atoms with Gasteiger partial charge in [-0.2, -0.15) is 0 Å². The molecule has 1 N–H and O–H groups in total. The first kappa shape index (κ1) is 12.1. The molecule has 0 atom stereocenters. The molecule has 1 aromatic carbocycles. The summed E-state index contributed by atoms with van der Waals surface area (Å²) in [6.45, 7) is 2.21. The number of hydrogen-bond acceptors (Lipinski definition) is 1. The van der Waals surface area contributed by atoms with Crippen LogP contribution >= 0.6 is 0 Å². The average molecular weight is 234 g/mol. The zero-order valence-electron chi connectivity index (χ0n) is 10.3. The number of imidazole rings is 1. The summed E-state index contributed by atoms with van der Waals surface area (Å²) in [6.07, 6.45) is 7.11. The Hall–Kier alpha value is -1.38. The summed E-state index contributed by atoms with van der Waals surface area (Å²) in [5, 5.41) is 0. The van der Waals surface area contributed by atoms with E-state index in [0.29, 0.717) is 5.52 Å². The van der Waals surface area contributed by atoms with Gasteiger partial charge in [0.1, 0.15) is 11.3 Å². The Labute approximate surface area is 101 Å². The van der Waals surface area contributed by atoms with E-state index in [9.17, 15) is 4.39 Å². The van der Waals surface area contributed by atoms with Crippen LogP contribution in [0.15, 0.2) is 18.2 Å². The first-order valence-corrected chi connectivity index (χ1v) is 6.44. The van der Waals surface area contributed by atoms with Crippen molar-refractivity contribution in [3.05, 3.63) is 29.8 Å². The quantitative estimate of drug-likeness (QED) is 0.745. The maximum Gasteiger partial charge on any atom is 0.151 e. The number of aromatic amines is 1. The molecule has 2 nitrogen and oxygen atoms in total. The van der Waals surface area contributed by atoms with Crippen molar-refractivity contribution < 1.29 is 4.39 Å². The number of aryl methyl sites for hydroxylation is 1. The van der Waals surface area contributed by atoms with E-state index in [1.165, 1.54) is 31.7 Å². The predicted octanol–water partition coefficient (Wildman–Crippen LogP) is 4.21. The minimum atomic E-state index is -0.240. The van der Waals surface area contributed by atoms with Crippen molar-refractivity contribution in [2.75, 3.05) is 0 Å². The van der Waals surface area contributed by atoms with Crippen molar-refractivity contribution >= 4 is 11.0 Å². The normalized spacial score (nSPS) is 11.2. The molecule has 1 aromatic heterocycles. The lowest BCUT2D eigenvalue weighted by atomic mass is 10.1. The smallest absolute Gasteiger partial charge is 0.151 e. The van der Waals surface area contributed by atoms with Gasteiger partial charge < -0.3 is 4.98 Å². The number of halogens is 1. The van der Waals surface area contributed by atoms with E-state index in [4.69, 9.17) is 0 Å². The summed E-state index contributed by atoms with van der Waals surface area (Å²) in [4.78, 5) is 7.48. The van der Waals surface area contributed by atoms with Gasteiger partial charge in [-0.1, -0.05) is 38.7 Å². The highest BCUT2D eigenvalue weighted by Crippen LogP contribution is 2.16. The Morgan fingerprint density at radius 1 is 1.18 bits per heavy atom. The van der Waals surface area contributed by atoms with Gasteiger partial charge in [-0.15, -0.1) is 0 Å². The third-order valence-corrected chi connectivity index (χ3v) is 3.03. The fourth-order valence-electron chi connectivity index (χ4n) is 2.06. The number of aromatic nitrogens is 2. The Morgan fingerprint density at radius 2 is 2.00 bits per heavy atom. The summed E-state index contributed by atoms with van der Waals surface area (Å²) < 4.78 is 13.4. The molecular formula is C14H19FN2. The molecule has 0 amide bonds. The molecule has 0 saturated carbocycles. The fourth-order valence-corrected chi connectivity index (χ4v) is 2.06. The van der Waals surface area contributed by atoms with Crippen LogP contribution in [0.3, 0.4) is 0 Å². The maximum atomic E-state index is 13.4. The lowest BCUT2D eigenvalue weighted by Crippen LogP contribution is -1.88. The number of rotatable bonds is 6. The molecule has 0 spiro atoms. The topological polar surface area (TPSA) is 28.7 Å². The minimum absolute atomic E-state index is 0.240. The molecule has 0 unspecified atom stereocenters. The number of nitrogens with one attached hydrogen (secondary N) is 1. The molecule has 1 heterocycles. The number of unbranched alkanes of at least 4 members (excludes halogenated alkanes) is 4. The summed E-state index contributed by atoms with van der Waals surface area (Å²) in [7, 11) is 0. The molecule has 3 heteroatoms. The van der Waals surface area contributed by atoms with E-state index < -0.39 is 0 Å². The summed E-state index contributed by atoms with van der Waals surface area (Å²) >= 11 is 0. The Balaban J connectivity index is 1.93. The van der Waals surface area contributed by atoms with Gasteiger partial charge in [0.05, 0.1) is 5.52 Å². The third-order valence-electron chi connectivity index (χ3n) is 3.03. The molecule has 0 aliphatic rings. The lowest BCUT2D eigenvalue weighted by Gasteiger charge is -1.97. The van der Waals surface area contributed by atoms with Crippen molar-refractivity contribution in [2.45, 2.75) is 45.4 Å². The van der Waals surface area contributed by atoms with E-state index in [2.05, 4.69) is 16.9 Å². The highest BCUT2D eigenvalue weighted by Gasteiger charge is 2.06. The molecule has 0 fully saturated rings. The van der Waals surface area contributed by atoms with Crippen molar-refractivity contribution in [3.63, 3.8) is 0 Å². The van der Waals surface area contributed by atoms with E-state index in [-0.39, 0.29) is 5.82 Å². The number of benzene rings is 1. The summed E-state index contributed by atoms with van der Waals surface area (Å²) in [6, 6.07) is 5.03. The first-order chi connectivity index (χ1) is 8.31. The van der Waals surface area contributed by atoms with Crippen molar-refractivity contribution in [3.8, 4) is 0 Å². The van der Waals surface area contributed by atoms with Gasteiger partial charge in [-0.25, -0.2) is 9.37 Å². The second kappa shape index (κ2) is 5.80. The lowest BCUT2D eigenvalue weighted by molar-refractivity contribution is 0.623. The van der Waals surface area contributed by atoms with Crippen molar-refractivity contribution in [2.24, 2.45) is 0 Å². The van der Waals surface area contributed by atoms with E-state index >= 15 is 0 Å². The van der Waals surface area contributed by atoms with Gasteiger partial charge in [0.15, 0.2) is 5.82 Å². The minimum Gasteiger partial charge on any atom is -0.342 e. The highest BCUT2D eigenvalue weighted by atomic mass is 19.1. The molecule has 2 rings (SSSR count). The molecule has 92 valence electrons. The van der Waals surface area contributed by atoms with Gasteiger partial charge in [0.2, 0.25) is 0 Å². The molecule has 17 heavy (non-hydrogen) atoms. The molecule has 0 aliphatic heterocycles. The third kappa shape index (κ3) is 3.05. The molecular weight excluding hydrogens is 215 g/mol. The van der Waals surface area contributed by atoms with Crippen molar-refractivity contribution in [1.82, 2.24) is 9.97 Å². The first-order valence-electron chi connectivity index (χ1n) is 6.44. The SMILES string of the molecule is CCCCCCCc1nc2c(F)cccc2[nH]1. The summed E-state index contributed by atoms with van der Waals surface area (Å²) in [5.41, 5.74) is 1.27. The van der Waals surface area contributed by atoms with Crippen molar-refractivity contribution in [1.29, 1.82) is 0 Å². The van der Waals surface area contributed by atoms with E-state index in [1.807, 2.05) is 6.07 Å². The Morgan fingerprint density at radius 3 is 2.76 bits per heavy atom. The molecule has 0 saturated heterocycles. The van der Waals surface area contributed by atoms with Gasteiger partial charge in [-0.05, 0) is 18.6 Å². The Kier molecular flexibility index (Phi) is 4.13. The number of nitrogens with zero attached hydrogens (tertiary/aromatic N) is 1. The molecule has 0 bridgehead atoms. The van der Waals surface area contributed by atoms with Crippen LogP contribution in [0.4, 0.5) is 4.39 Å². The molecule has 2 aromatic rings. The van der Waals surface area contributed by atoms with Gasteiger partial charge >= 0.3 is 0 Å². The monoisotopic (exact) mass is 234 g/mol. The van der Waals surface area contributed by atoms with Crippen LogP contribution in [0.1, 0.15) is 44.9 Å². The van der Waals surface area contributed by atoms with Gasteiger partial charge in [-0.3, -0.25) is 0 Å². The van der Waals surface area contributed by atoms with Gasteiger partial charge in [0, 0.05) is 6.42 Å². The second-order valence-electron chi connectivity index (χ2n) is 4.48. The number of fused-ring (bicyclic) bond motifs is 1. The number of hydrogen-bond donors (Lipinski definition) is 1. The second-order valence-corrected chi connectivity index (χ2v) is 4.48. The van der Waals surface area contributed by atoms with Crippen LogP contribution in [0.2, 0.25) is 0 Å². The molecule has 0 radical (unpaired) electrons. The van der Waals surface area contributed by atoms with E-state index in [0.717, 1.165) is 24.2 Å².